The molecule has 0 aromatic carbocycles. The zero-order chi connectivity index (χ0) is 13.2. The normalized spacial score (nSPS) is 19.8. The molecular formula is C10H19NO4PS2+. The van der Waals surface area contributed by atoms with E-state index >= 15 is 0 Å². The van der Waals surface area contributed by atoms with E-state index in [1.54, 1.807) is 0 Å². The Morgan fingerprint density at radius 3 is 3.00 bits per heavy atom. The summed E-state index contributed by atoms with van der Waals surface area (Å²) in [5.41, 5.74) is 0. The summed E-state index contributed by atoms with van der Waals surface area (Å²) < 4.78 is 14.6. The zero-order valence-electron chi connectivity index (χ0n) is 10.2. The number of rotatable bonds is 9. The molecule has 2 N–H and O–H groups in total. The van der Waals surface area contributed by atoms with Gasteiger partial charge in [-0.05, 0) is 19.3 Å². The van der Waals surface area contributed by atoms with E-state index in [1.165, 1.54) is 18.6 Å². The zero-order valence-corrected chi connectivity index (χ0v) is 12.7. The number of carbonyl (C=O) groups excluding carboxylic acids is 1. The fraction of sp³-hybridized carbons (Fsp3) is 0.900. The van der Waals surface area contributed by atoms with E-state index in [4.69, 9.17) is 4.89 Å². The van der Waals surface area contributed by atoms with Crippen LogP contribution in [0.3, 0.4) is 0 Å². The van der Waals surface area contributed by atoms with Gasteiger partial charge in [-0.25, -0.2) is 0 Å². The summed E-state index contributed by atoms with van der Waals surface area (Å²) in [4.78, 5) is 19.7. The molecule has 1 rings (SSSR count). The Labute approximate surface area is 116 Å². The van der Waals surface area contributed by atoms with E-state index in [2.05, 4.69) is 9.84 Å². The number of nitrogens with one attached hydrogen (secondary N) is 1. The van der Waals surface area contributed by atoms with Crippen molar-refractivity contribution < 1.29 is 18.8 Å². The van der Waals surface area contributed by atoms with Crippen LogP contribution in [0.1, 0.15) is 32.1 Å². The molecule has 0 aromatic heterocycles. The van der Waals surface area contributed by atoms with Gasteiger partial charge in [0.15, 0.2) is 0 Å². The lowest BCUT2D eigenvalue weighted by atomic mass is 10.1. The van der Waals surface area contributed by atoms with Gasteiger partial charge in [0.25, 0.3) is 0 Å². The highest BCUT2D eigenvalue weighted by molar-refractivity contribution is 8.77. The van der Waals surface area contributed by atoms with Gasteiger partial charge in [-0.1, -0.05) is 28.0 Å². The van der Waals surface area contributed by atoms with Crippen LogP contribution in [0.5, 0.6) is 0 Å². The Hall–Kier alpha value is 0.190. The highest BCUT2D eigenvalue weighted by Gasteiger charge is 2.16. The second-order valence-corrected chi connectivity index (χ2v) is 7.52. The Balaban J connectivity index is 1.88. The van der Waals surface area contributed by atoms with Gasteiger partial charge < -0.3 is 5.32 Å². The van der Waals surface area contributed by atoms with E-state index in [0.717, 1.165) is 18.1 Å². The summed E-state index contributed by atoms with van der Waals surface area (Å²) in [6.45, 7) is 0.364. The molecule has 0 radical (unpaired) electrons. The molecule has 18 heavy (non-hydrogen) atoms. The minimum absolute atomic E-state index is 0.0137. The van der Waals surface area contributed by atoms with Gasteiger partial charge in [0.05, 0.1) is 0 Å². The van der Waals surface area contributed by atoms with E-state index < -0.39 is 8.25 Å². The molecule has 0 saturated carbocycles. The predicted octanol–water partition coefficient (Wildman–Crippen LogP) is 2.48. The molecule has 2 atom stereocenters. The number of hydrogen-bond acceptors (Lipinski definition) is 5. The van der Waals surface area contributed by atoms with E-state index in [-0.39, 0.29) is 19.1 Å². The van der Waals surface area contributed by atoms with Gasteiger partial charge in [0, 0.05) is 28.5 Å². The van der Waals surface area contributed by atoms with Gasteiger partial charge in [-0.15, -0.1) is 9.42 Å². The van der Waals surface area contributed by atoms with Crippen molar-refractivity contribution in [2.75, 3.05) is 18.9 Å². The Morgan fingerprint density at radius 1 is 1.50 bits per heavy atom. The van der Waals surface area contributed by atoms with Crippen molar-refractivity contribution in [2.45, 2.75) is 37.4 Å². The lowest BCUT2D eigenvalue weighted by Gasteiger charge is -2.06. The fourth-order valence-corrected chi connectivity index (χ4v) is 4.90. The van der Waals surface area contributed by atoms with Crippen molar-refractivity contribution in [3.05, 3.63) is 0 Å². The van der Waals surface area contributed by atoms with Gasteiger partial charge in [-0.2, -0.15) is 0 Å². The maximum absolute atomic E-state index is 11.4. The maximum Gasteiger partial charge on any atom is 0.694 e. The summed E-state index contributed by atoms with van der Waals surface area (Å²) in [5, 5.41) is 3.42. The molecule has 1 aliphatic rings. The molecule has 104 valence electrons. The quantitative estimate of drug-likeness (QED) is 0.387. The highest BCUT2D eigenvalue weighted by atomic mass is 33.1. The van der Waals surface area contributed by atoms with Crippen LogP contribution < -0.4 is 5.32 Å². The molecule has 0 spiro atoms. The molecule has 5 nitrogen and oxygen atoms in total. The standard InChI is InChI=1S/C10H18NO4PS2/c12-10(11-6-7-15-16(13)14)4-2-1-3-9-5-8-17-18-9/h9H,1-8H2,(H-,11,12,13,14)/p+1/t9-/m1/s1. The van der Waals surface area contributed by atoms with Crippen LogP contribution in [-0.4, -0.2) is 35.0 Å². The van der Waals surface area contributed by atoms with Gasteiger partial charge in [-0.3, -0.25) is 4.79 Å². The lowest BCUT2D eigenvalue weighted by molar-refractivity contribution is -0.121. The summed E-state index contributed by atoms with van der Waals surface area (Å²) in [6.07, 6.45) is 5.00. The maximum atomic E-state index is 11.4. The summed E-state index contributed by atoms with van der Waals surface area (Å²) in [6, 6.07) is 0. The third-order valence-corrected chi connectivity index (χ3v) is 5.94. The van der Waals surface area contributed by atoms with Crippen molar-refractivity contribution >= 4 is 35.7 Å². The molecule has 0 aromatic rings. The SMILES string of the molecule is O=C(CCCC[C@@H]1CCSS1)NCCO[P+](=O)O. The predicted molar refractivity (Wildman–Crippen MR) is 75.7 cm³/mol. The average Bonchev–Trinajstić information content (AvgIpc) is 2.83. The fourth-order valence-electron chi connectivity index (χ4n) is 1.62. The molecule has 0 aliphatic carbocycles. The highest BCUT2D eigenvalue weighted by Crippen LogP contribution is 2.39. The molecule has 8 heteroatoms. The molecule has 1 aliphatic heterocycles. The van der Waals surface area contributed by atoms with Crippen LogP contribution in [0.15, 0.2) is 0 Å². The molecule has 0 bridgehead atoms. The van der Waals surface area contributed by atoms with Crippen molar-refractivity contribution in [3.8, 4) is 0 Å². The first-order valence-corrected chi connectivity index (χ1v) is 9.53. The second kappa shape index (κ2) is 10.0. The molecule has 1 fully saturated rings. The summed E-state index contributed by atoms with van der Waals surface area (Å²) in [7, 11) is 1.35. The molecule has 1 unspecified atom stereocenters. The van der Waals surface area contributed by atoms with Crippen LogP contribution in [-0.2, 0) is 13.9 Å². The number of hydrogen-bond donors (Lipinski definition) is 2. The molecular weight excluding hydrogens is 293 g/mol. The summed E-state index contributed by atoms with van der Waals surface area (Å²) >= 11 is 0. The molecule has 1 amide bonds. The van der Waals surface area contributed by atoms with Crippen molar-refractivity contribution in [1.82, 2.24) is 5.32 Å². The number of unbranched alkanes of at least 4 members (excludes halogenated alkanes) is 1. The van der Waals surface area contributed by atoms with Crippen LogP contribution >= 0.6 is 29.8 Å². The first-order valence-electron chi connectivity index (χ1n) is 6.02. The van der Waals surface area contributed by atoms with Gasteiger partial charge >= 0.3 is 8.25 Å². The third kappa shape index (κ3) is 8.32. The van der Waals surface area contributed by atoms with Crippen molar-refractivity contribution in [2.24, 2.45) is 0 Å². The third-order valence-electron chi connectivity index (χ3n) is 2.53. The van der Waals surface area contributed by atoms with E-state index in [9.17, 15) is 9.36 Å². The summed E-state index contributed by atoms with van der Waals surface area (Å²) in [5.74, 6) is 1.24. The number of amides is 1. The van der Waals surface area contributed by atoms with Crippen molar-refractivity contribution in [3.63, 3.8) is 0 Å². The van der Waals surface area contributed by atoms with Crippen LogP contribution in [0.25, 0.3) is 0 Å². The van der Waals surface area contributed by atoms with Crippen LogP contribution in [0, 0.1) is 0 Å². The van der Waals surface area contributed by atoms with Crippen LogP contribution in [0.4, 0.5) is 0 Å². The topological polar surface area (TPSA) is 75.6 Å². The number of carbonyl (C=O) groups is 1. The Kier molecular flexibility index (Phi) is 9.06. The van der Waals surface area contributed by atoms with E-state index in [0.29, 0.717) is 6.42 Å². The monoisotopic (exact) mass is 312 g/mol. The van der Waals surface area contributed by atoms with Gasteiger partial charge in [0.2, 0.25) is 5.91 Å². The van der Waals surface area contributed by atoms with E-state index in [1.807, 2.05) is 21.6 Å². The Bertz CT molecular complexity index is 275. The van der Waals surface area contributed by atoms with Crippen molar-refractivity contribution in [1.29, 1.82) is 0 Å². The smallest absolute Gasteiger partial charge is 0.354 e. The van der Waals surface area contributed by atoms with Gasteiger partial charge in [0.1, 0.15) is 6.61 Å². The molecule has 1 saturated heterocycles. The van der Waals surface area contributed by atoms with Crippen LogP contribution in [0.2, 0.25) is 0 Å². The lowest BCUT2D eigenvalue weighted by Crippen LogP contribution is -2.26. The molecule has 1 heterocycles. The second-order valence-electron chi connectivity index (χ2n) is 4.00. The Morgan fingerprint density at radius 2 is 2.33 bits per heavy atom. The minimum Gasteiger partial charge on any atom is -0.354 e. The first kappa shape index (κ1) is 16.2. The largest absolute Gasteiger partial charge is 0.694 e. The average molecular weight is 312 g/mol. The minimum atomic E-state index is -2.56. The first-order chi connectivity index (χ1) is 8.68.